The first kappa shape index (κ1) is 29.7. The van der Waals surface area contributed by atoms with E-state index >= 15 is 0 Å². The van der Waals surface area contributed by atoms with Crippen LogP contribution in [0.15, 0.2) is 61.1 Å². The van der Waals surface area contributed by atoms with Crippen LogP contribution in [-0.2, 0) is 12.7 Å². The van der Waals surface area contributed by atoms with Crippen LogP contribution in [-0.4, -0.2) is 50.3 Å². The van der Waals surface area contributed by atoms with Crippen molar-refractivity contribution in [3.05, 3.63) is 77.5 Å². The van der Waals surface area contributed by atoms with E-state index < -0.39 is 28.6 Å². The summed E-state index contributed by atoms with van der Waals surface area (Å²) >= 11 is 5.60. The molecule has 0 fully saturated rings. The zero-order valence-corrected chi connectivity index (χ0v) is 22.8. The first-order chi connectivity index (χ1) is 19.6. The summed E-state index contributed by atoms with van der Waals surface area (Å²) in [6.45, 7) is 7.50. The number of hydrogen-bond donors (Lipinski definition) is 2. The number of nitrogens with one attached hydrogen (secondary N) is 2. The van der Waals surface area contributed by atoms with Crippen LogP contribution >= 0.6 is 11.6 Å². The average Bonchev–Trinajstić information content (AvgIpc) is 3.40. The molecule has 0 radical (unpaired) electrons. The van der Waals surface area contributed by atoms with Gasteiger partial charge in [0.25, 0.3) is 0 Å². The van der Waals surface area contributed by atoms with E-state index in [1.807, 2.05) is 4.57 Å². The maximum atomic E-state index is 14.8. The summed E-state index contributed by atoms with van der Waals surface area (Å²) in [6.07, 6.45) is -1.56. The van der Waals surface area contributed by atoms with Gasteiger partial charge < -0.3 is 24.8 Å². The van der Waals surface area contributed by atoms with Crippen molar-refractivity contribution in [2.75, 3.05) is 30.3 Å². The Kier molecular flexibility index (Phi) is 9.40. The van der Waals surface area contributed by atoms with Gasteiger partial charge in [0.2, 0.25) is 0 Å². The van der Waals surface area contributed by atoms with Gasteiger partial charge in [-0.3, -0.25) is 4.98 Å². The number of amides is 2. The molecule has 2 heterocycles. The number of alkyl halides is 3. The van der Waals surface area contributed by atoms with E-state index in [1.54, 1.807) is 18.5 Å². The second kappa shape index (κ2) is 13.0. The van der Waals surface area contributed by atoms with Crippen LogP contribution in [0.4, 0.5) is 33.7 Å². The summed E-state index contributed by atoms with van der Waals surface area (Å²) < 4.78 is 61.6. The van der Waals surface area contributed by atoms with Gasteiger partial charge >= 0.3 is 12.2 Å². The Morgan fingerprint density at radius 3 is 2.44 bits per heavy atom. The van der Waals surface area contributed by atoms with E-state index in [2.05, 4.69) is 44.6 Å². The highest BCUT2D eigenvalue weighted by molar-refractivity contribution is 6.31. The fourth-order valence-electron chi connectivity index (χ4n) is 3.90. The number of anilines is 2. The molecule has 216 valence electrons. The molecular formula is C27H26ClF4N7O2. The average molecular weight is 592 g/mol. The molecule has 4 rings (SSSR count). The fourth-order valence-corrected chi connectivity index (χ4v) is 4.13. The van der Waals surface area contributed by atoms with Gasteiger partial charge in [0, 0.05) is 42.8 Å². The summed E-state index contributed by atoms with van der Waals surface area (Å²) in [5, 5.41) is 12.3. The molecule has 0 aliphatic rings. The number of ether oxygens (including phenoxy) is 1. The van der Waals surface area contributed by atoms with Gasteiger partial charge in [0.1, 0.15) is 17.8 Å². The van der Waals surface area contributed by atoms with Gasteiger partial charge in [-0.1, -0.05) is 25.4 Å². The molecular weight excluding hydrogens is 566 g/mol. The van der Waals surface area contributed by atoms with Gasteiger partial charge in [0.05, 0.1) is 10.6 Å². The van der Waals surface area contributed by atoms with Crippen molar-refractivity contribution in [1.29, 1.82) is 0 Å². The molecule has 0 aliphatic heterocycles. The molecule has 0 aliphatic carbocycles. The summed E-state index contributed by atoms with van der Waals surface area (Å²) in [5.74, 6) is -0.0661. The van der Waals surface area contributed by atoms with Gasteiger partial charge in [0.15, 0.2) is 17.4 Å². The van der Waals surface area contributed by atoms with Gasteiger partial charge in [-0.25, -0.2) is 9.18 Å². The molecule has 2 N–H and O–H groups in total. The zero-order chi connectivity index (χ0) is 29.6. The Morgan fingerprint density at radius 1 is 1.05 bits per heavy atom. The number of rotatable bonds is 10. The predicted molar refractivity (Wildman–Crippen MR) is 147 cm³/mol. The van der Waals surface area contributed by atoms with Crippen LogP contribution in [0.1, 0.15) is 19.4 Å². The molecule has 14 heteroatoms. The normalized spacial score (nSPS) is 11.5. The number of urea groups is 1. The quantitative estimate of drug-likeness (QED) is 0.194. The second-order valence-corrected chi connectivity index (χ2v) is 9.18. The standard InChI is InChI=1S/C27H26ClF4N7O2/c1-3-38(4-2)11-12-39-16-34-37-25(39)23-15-19(9-10-33-23)41-24-8-6-18(14-22(24)29)36-26(40)35-17-5-7-21(28)20(13-17)27(30,31)32/h5-10,13-16H,3-4,11-12H2,1-2H3,(H2,35,36,40). The van der Waals surface area contributed by atoms with Crippen molar-refractivity contribution in [2.24, 2.45) is 0 Å². The van der Waals surface area contributed by atoms with Crippen LogP contribution in [0.2, 0.25) is 5.02 Å². The summed E-state index contributed by atoms with van der Waals surface area (Å²) in [4.78, 5) is 18.9. The summed E-state index contributed by atoms with van der Waals surface area (Å²) in [6, 6.07) is 8.93. The fraction of sp³-hybridized carbons (Fsp3) is 0.259. The van der Waals surface area contributed by atoms with E-state index in [0.717, 1.165) is 31.8 Å². The number of benzene rings is 2. The van der Waals surface area contributed by atoms with Crippen LogP contribution in [0, 0.1) is 5.82 Å². The summed E-state index contributed by atoms with van der Waals surface area (Å²) in [7, 11) is 0. The molecule has 0 bridgehead atoms. The third kappa shape index (κ3) is 7.70. The van der Waals surface area contributed by atoms with Crippen molar-refractivity contribution in [3.63, 3.8) is 0 Å². The van der Waals surface area contributed by atoms with Gasteiger partial charge in [-0.2, -0.15) is 13.2 Å². The van der Waals surface area contributed by atoms with Crippen molar-refractivity contribution in [3.8, 4) is 23.0 Å². The minimum atomic E-state index is -4.69. The highest BCUT2D eigenvalue weighted by atomic mass is 35.5. The maximum Gasteiger partial charge on any atom is 0.417 e. The Bertz CT molecular complexity index is 1510. The van der Waals surface area contributed by atoms with Gasteiger partial charge in [-0.05, 0) is 49.5 Å². The topological polar surface area (TPSA) is 97.2 Å². The molecule has 0 unspecified atom stereocenters. The Labute approximate surface area is 238 Å². The lowest BCUT2D eigenvalue weighted by molar-refractivity contribution is -0.137. The largest absolute Gasteiger partial charge is 0.454 e. The van der Waals surface area contributed by atoms with Crippen molar-refractivity contribution in [1.82, 2.24) is 24.6 Å². The molecule has 9 nitrogen and oxygen atoms in total. The first-order valence-corrected chi connectivity index (χ1v) is 12.9. The number of halogens is 5. The molecule has 41 heavy (non-hydrogen) atoms. The first-order valence-electron chi connectivity index (χ1n) is 12.6. The Hall–Kier alpha value is -4.23. The molecule has 0 saturated carbocycles. The smallest absolute Gasteiger partial charge is 0.417 e. The monoisotopic (exact) mass is 591 g/mol. The third-order valence-corrected chi connectivity index (χ3v) is 6.40. The zero-order valence-electron chi connectivity index (χ0n) is 22.0. The number of pyridine rings is 1. The number of carbonyl (C=O) groups excluding carboxylic acids is 1. The van der Waals surface area contributed by atoms with E-state index in [4.69, 9.17) is 16.3 Å². The van der Waals surface area contributed by atoms with Crippen molar-refractivity contribution >= 4 is 29.0 Å². The van der Waals surface area contributed by atoms with Crippen molar-refractivity contribution in [2.45, 2.75) is 26.6 Å². The van der Waals surface area contributed by atoms with Crippen molar-refractivity contribution < 1.29 is 27.1 Å². The predicted octanol–water partition coefficient (Wildman–Crippen LogP) is 6.93. The van der Waals surface area contributed by atoms with Crippen LogP contribution in [0.25, 0.3) is 11.5 Å². The number of nitrogens with zero attached hydrogens (tertiary/aromatic N) is 5. The van der Waals surface area contributed by atoms with Crippen LogP contribution < -0.4 is 15.4 Å². The molecule has 2 amide bonds. The number of hydrogen-bond acceptors (Lipinski definition) is 6. The molecule has 2 aromatic carbocycles. The highest BCUT2D eigenvalue weighted by Crippen LogP contribution is 2.36. The van der Waals surface area contributed by atoms with Crippen LogP contribution in [0.5, 0.6) is 11.5 Å². The number of carbonyl (C=O) groups is 1. The third-order valence-electron chi connectivity index (χ3n) is 6.07. The Morgan fingerprint density at radius 2 is 1.76 bits per heavy atom. The molecule has 4 aromatic rings. The van der Waals surface area contributed by atoms with E-state index in [-0.39, 0.29) is 17.1 Å². The minimum Gasteiger partial charge on any atom is -0.454 e. The SMILES string of the molecule is CCN(CC)CCn1cnnc1-c1cc(Oc2ccc(NC(=O)Nc3ccc(Cl)c(C(F)(F)F)c3)cc2F)ccn1. The molecule has 0 saturated heterocycles. The Balaban J connectivity index is 1.41. The lowest BCUT2D eigenvalue weighted by atomic mass is 10.2. The molecule has 0 atom stereocenters. The second-order valence-electron chi connectivity index (χ2n) is 8.77. The lowest BCUT2D eigenvalue weighted by Gasteiger charge is -2.18. The van der Waals surface area contributed by atoms with E-state index in [0.29, 0.717) is 29.9 Å². The molecule has 2 aromatic heterocycles. The summed E-state index contributed by atoms with van der Waals surface area (Å²) in [5.41, 5.74) is -0.694. The van der Waals surface area contributed by atoms with Crippen LogP contribution in [0.3, 0.4) is 0 Å². The molecule has 0 spiro atoms. The number of aromatic nitrogens is 4. The number of likely N-dealkylation sites (N-methyl/N-ethyl adjacent to an activating group) is 1. The maximum absolute atomic E-state index is 14.8. The van der Waals surface area contributed by atoms with E-state index in [1.165, 1.54) is 24.4 Å². The van der Waals surface area contributed by atoms with Gasteiger partial charge in [-0.15, -0.1) is 10.2 Å². The van der Waals surface area contributed by atoms with E-state index in [9.17, 15) is 22.4 Å². The lowest BCUT2D eigenvalue weighted by Crippen LogP contribution is -2.27. The minimum absolute atomic E-state index is 0.0501. The highest BCUT2D eigenvalue weighted by Gasteiger charge is 2.33.